The third-order valence-corrected chi connectivity index (χ3v) is 7.88. The van der Waals surface area contributed by atoms with Gasteiger partial charge in [0.15, 0.2) is 6.29 Å². The van der Waals surface area contributed by atoms with Crippen molar-refractivity contribution in [2.24, 2.45) is 5.92 Å². The summed E-state index contributed by atoms with van der Waals surface area (Å²) in [6.45, 7) is 2.84. The molecule has 0 N–H and O–H groups in total. The summed E-state index contributed by atoms with van der Waals surface area (Å²) in [5, 5.41) is 0. The summed E-state index contributed by atoms with van der Waals surface area (Å²) in [7, 11) is -1.34. The Morgan fingerprint density at radius 3 is 2.21 bits per heavy atom. The Kier molecular flexibility index (Phi) is 6.99. The first-order valence-corrected chi connectivity index (χ1v) is 12.5. The van der Waals surface area contributed by atoms with Gasteiger partial charge in [0.1, 0.15) is 17.6 Å². The summed E-state index contributed by atoms with van der Waals surface area (Å²) in [6, 6.07) is 29.4. The normalized spacial score (nSPS) is 30.3. The molecule has 0 spiro atoms. The smallest absolute Gasteiger partial charge is 0.184 e. The van der Waals surface area contributed by atoms with Crippen molar-refractivity contribution in [2.75, 3.05) is 6.61 Å². The van der Waals surface area contributed by atoms with Gasteiger partial charge in [-0.1, -0.05) is 85.8 Å². The molecule has 3 aromatic rings. The van der Waals surface area contributed by atoms with Crippen LogP contribution in [0.3, 0.4) is 0 Å². The number of hydrogen-bond donors (Lipinski definition) is 0. The van der Waals surface area contributed by atoms with Crippen molar-refractivity contribution in [1.29, 1.82) is 0 Å². The van der Waals surface area contributed by atoms with Gasteiger partial charge in [-0.3, -0.25) is 4.21 Å². The molecule has 6 heteroatoms. The lowest BCUT2D eigenvalue weighted by Gasteiger charge is -2.48. The van der Waals surface area contributed by atoms with E-state index in [0.717, 1.165) is 16.0 Å². The lowest BCUT2D eigenvalue weighted by molar-refractivity contribution is -0.318. The Hall–Kier alpha value is -2.35. The second kappa shape index (κ2) is 10.3. The number of fused-ring (bicyclic) bond motifs is 1. The third kappa shape index (κ3) is 4.95. The second-order valence-corrected chi connectivity index (χ2v) is 9.98. The number of benzene rings is 3. The molecule has 2 aliphatic heterocycles. The van der Waals surface area contributed by atoms with E-state index >= 15 is 0 Å². The van der Waals surface area contributed by atoms with E-state index in [2.05, 4.69) is 0 Å². The molecular formula is C27H28O5S. The Bertz CT molecular complexity index is 1050. The lowest BCUT2D eigenvalue weighted by atomic mass is 9.92. The lowest BCUT2D eigenvalue weighted by Crippen LogP contribution is -2.60. The largest absolute Gasteiger partial charge is 0.370 e. The molecule has 33 heavy (non-hydrogen) atoms. The van der Waals surface area contributed by atoms with Crippen LogP contribution in [0.15, 0.2) is 95.9 Å². The number of ether oxygens (including phenoxy) is 4. The highest BCUT2D eigenvalue weighted by Gasteiger charge is 2.50. The van der Waals surface area contributed by atoms with E-state index in [0.29, 0.717) is 13.2 Å². The molecule has 172 valence electrons. The van der Waals surface area contributed by atoms with Crippen molar-refractivity contribution in [3.05, 3.63) is 102 Å². The summed E-state index contributed by atoms with van der Waals surface area (Å²) in [6.07, 6.45) is -1.47. The molecule has 0 aliphatic carbocycles. The summed E-state index contributed by atoms with van der Waals surface area (Å²) in [5.41, 5.74) is 1.52. The minimum Gasteiger partial charge on any atom is -0.370 e. The van der Waals surface area contributed by atoms with Crippen molar-refractivity contribution in [3.63, 3.8) is 0 Å². The molecule has 7 unspecified atom stereocenters. The fourth-order valence-corrected chi connectivity index (χ4v) is 5.92. The maximum absolute atomic E-state index is 13.4. The standard InChI is InChI=1S/C27H28O5S/c1-19-24(29-17-20-11-5-2-6-12-20)25-23(18-30-26(32-25)21-13-7-3-8-14-21)31-27(19)33(28)22-15-9-4-10-16-22/h2-16,19,23-27H,17-18H2,1H3. The van der Waals surface area contributed by atoms with E-state index in [1.807, 2.05) is 97.9 Å². The molecule has 5 nitrogen and oxygen atoms in total. The molecule has 2 heterocycles. The molecule has 2 aliphatic rings. The third-order valence-electron chi connectivity index (χ3n) is 6.18. The first kappa shape index (κ1) is 22.4. The van der Waals surface area contributed by atoms with E-state index < -0.39 is 22.5 Å². The minimum absolute atomic E-state index is 0.148. The molecule has 0 aromatic heterocycles. The van der Waals surface area contributed by atoms with Gasteiger partial charge in [0.25, 0.3) is 0 Å². The Morgan fingerprint density at radius 2 is 1.52 bits per heavy atom. The van der Waals surface area contributed by atoms with Crippen LogP contribution in [0.2, 0.25) is 0 Å². The van der Waals surface area contributed by atoms with Gasteiger partial charge >= 0.3 is 0 Å². The van der Waals surface area contributed by atoms with Crippen LogP contribution in [0, 0.1) is 5.92 Å². The zero-order valence-corrected chi connectivity index (χ0v) is 19.3. The Balaban J connectivity index is 1.40. The molecule has 2 fully saturated rings. The Morgan fingerprint density at radius 1 is 0.879 bits per heavy atom. The molecule has 7 atom stereocenters. The van der Waals surface area contributed by atoms with Crippen molar-refractivity contribution < 1.29 is 23.2 Å². The maximum Gasteiger partial charge on any atom is 0.184 e. The van der Waals surface area contributed by atoms with Gasteiger partial charge in [-0.25, -0.2) is 0 Å². The number of rotatable bonds is 6. The topological polar surface area (TPSA) is 54.0 Å². The van der Waals surface area contributed by atoms with Gasteiger partial charge in [-0.2, -0.15) is 0 Å². The monoisotopic (exact) mass is 464 g/mol. The minimum atomic E-state index is -1.34. The van der Waals surface area contributed by atoms with Crippen LogP contribution in [0.25, 0.3) is 0 Å². The van der Waals surface area contributed by atoms with Gasteiger partial charge in [-0.05, 0) is 17.7 Å². The summed E-state index contributed by atoms with van der Waals surface area (Å²) in [5.74, 6) is -0.148. The van der Waals surface area contributed by atoms with Gasteiger partial charge in [-0.15, -0.1) is 0 Å². The van der Waals surface area contributed by atoms with Crippen LogP contribution in [-0.4, -0.2) is 34.6 Å². The van der Waals surface area contributed by atoms with Crippen molar-refractivity contribution in [2.45, 2.75) is 48.5 Å². The zero-order valence-electron chi connectivity index (χ0n) is 18.5. The predicted octanol–water partition coefficient (Wildman–Crippen LogP) is 4.85. The van der Waals surface area contributed by atoms with Crippen LogP contribution < -0.4 is 0 Å². The van der Waals surface area contributed by atoms with Crippen LogP contribution in [0.4, 0.5) is 0 Å². The highest BCUT2D eigenvalue weighted by Crippen LogP contribution is 2.39. The average Bonchev–Trinajstić information content (AvgIpc) is 2.89. The SMILES string of the molecule is CC1C(OCc2ccccc2)C2OC(c3ccccc3)OCC2OC1S(=O)c1ccccc1. The fraction of sp³-hybridized carbons (Fsp3) is 0.333. The molecular weight excluding hydrogens is 436 g/mol. The molecule has 0 bridgehead atoms. The maximum atomic E-state index is 13.4. The quantitative estimate of drug-likeness (QED) is 0.522. The van der Waals surface area contributed by atoms with E-state index in [4.69, 9.17) is 18.9 Å². The van der Waals surface area contributed by atoms with E-state index in [1.54, 1.807) is 0 Å². The second-order valence-electron chi connectivity index (χ2n) is 8.45. The van der Waals surface area contributed by atoms with Gasteiger partial charge in [0.05, 0.1) is 30.1 Å². The van der Waals surface area contributed by atoms with Crippen LogP contribution in [-0.2, 0) is 36.4 Å². The molecule has 0 saturated carbocycles. The Labute approximate surface area is 197 Å². The van der Waals surface area contributed by atoms with Crippen molar-refractivity contribution in [3.8, 4) is 0 Å². The van der Waals surface area contributed by atoms with E-state index in [-0.39, 0.29) is 24.2 Å². The molecule has 5 rings (SSSR count). The van der Waals surface area contributed by atoms with Gasteiger partial charge < -0.3 is 18.9 Å². The van der Waals surface area contributed by atoms with Gasteiger partial charge in [0, 0.05) is 16.4 Å². The molecule has 0 amide bonds. The first-order chi connectivity index (χ1) is 16.2. The summed E-state index contributed by atoms with van der Waals surface area (Å²) >= 11 is 0. The first-order valence-electron chi connectivity index (χ1n) is 11.3. The fourth-order valence-electron chi connectivity index (χ4n) is 4.44. The van der Waals surface area contributed by atoms with Crippen molar-refractivity contribution >= 4 is 10.8 Å². The zero-order chi connectivity index (χ0) is 22.6. The number of hydrogen-bond acceptors (Lipinski definition) is 5. The van der Waals surface area contributed by atoms with Crippen LogP contribution >= 0.6 is 0 Å². The molecule has 0 radical (unpaired) electrons. The van der Waals surface area contributed by atoms with Gasteiger partial charge in [0.2, 0.25) is 0 Å². The van der Waals surface area contributed by atoms with Crippen LogP contribution in [0.5, 0.6) is 0 Å². The summed E-state index contributed by atoms with van der Waals surface area (Å²) < 4.78 is 38.7. The van der Waals surface area contributed by atoms with Crippen molar-refractivity contribution in [1.82, 2.24) is 0 Å². The van der Waals surface area contributed by atoms with E-state index in [9.17, 15) is 4.21 Å². The van der Waals surface area contributed by atoms with E-state index in [1.165, 1.54) is 0 Å². The van der Waals surface area contributed by atoms with Crippen LogP contribution in [0.1, 0.15) is 24.3 Å². The molecule has 2 saturated heterocycles. The highest BCUT2D eigenvalue weighted by molar-refractivity contribution is 7.85. The molecule has 3 aromatic carbocycles. The average molecular weight is 465 g/mol. The summed E-state index contributed by atoms with van der Waals surface area (Å²) in [4.78, 5) is 0.745. The predicted molar refractivity (Wildman–Crippen MR) is 126 cm³/mol. The highest BCUT2D eigenvalue weighted by atomic mass is 32.2.